The molecule has 0 amide bonds. The standard InChI is InChI=1S/C13H10N6O2/c1-20-11-6-9(21-5-4-14)2-3-10(11)19-8-17-12-13(18-19)16-7-15-12/h2-3,6-8H,5H2,1H3. The molecule has 8 nitrogen and oxygen atoms in total. The molecule has 0 fully saturated rings. The van der Waals surface area contributed by atoms with Crippen LogP contribution in [0.2, 0.25) is 0 Å². The fourth-order valence-electron chi connectivity index (χ4n) is 1.82. The monoisotopic (exact) mass is 282 g/mol. The van der Waals surface area contributed by atoms with Crippen LogP contribution in [0.15, 0.2) is 30.9 Å². The lowest BCUT2D eigenvalue weighted by Crippen LogP contribution is -2.07. The van der Waals surface area contributed by atoms with Crippen molar-refractivity contribution >= 4 is 0 Å². The first-order chi connectivity index (χ1) is 10.3. The Morgan fingerprint density at radius 3 is 2.90 bits per heavy atom. The van der Waals surface area contributed by atoms with Crippen molar-refractivity contribution in [3.63, 3.8) is 0 Å². The molecule has 0 unspecified atom stereocenters. The lowest BCUT2D eigenvalue weighted by Gasteiger charge is -2.12. The van der Waals surface area contributed by atoms with Gasteiger partial charge in [0.15, 0.2) is 6.61 Å². The number of nitriles is 1. The van der Waals surface area contributed by atoms with Crippen molar-refractivity contribution in [1.82, 2.24) is 24.7 Å². The summed E-state index contributed by atoms with van der Waals surface area (Å²) in [4.78, 5) is 12.1. The van der Waals surface area contributed by atoms with E-state index in [1.54, 1.807) is 30.0 Å². The van der Waals surface area contributed by atoms with E-state index in [1.165, 1.54) is 12.7 Å². The van der Waals surface area contributed by atoms with Crippen LogP contribution in [0.1, 0.15) is 0 Å². The van der Waals surface area contributed by atoms with E-state index in [2.05, 4.69) is 20.1 Å². The van der Waals surface area contributed by atoms with Crippen LogP contribution in [-0.2, 0) is 0 Å². The summed E-state index contributed by atoms with van der Waals surface area (Å²) >= 11 is 0. The molecule has 0 spiro atoms. The Balaban J connectivity index is 2.01. The van der Waals surface area contributed by atoms with Gasteiger partial charge in [-0.3, -0.25) is 0 Å². The van der Waals surface area contributed by atoms with Crippen molar-refractivity contribution in [1.29, 1.82) is 5.26 Å². The molecular formula is C13H10N6O2. The molecule has 0 aromatic heterocycles. The minimum Gasteiger partial charge on any atom is -0.494 e. The van der Waals surface area contributed by atoms with Gasteiger partial charge in [-0.15, -0.1) is 5.10 Å². The average molecular weight is 282 g/mol. The zero-order valence-corrected chi connectivity index (χ0v) is 11.1. The molecular weight excluding hydrogens is 272 g/mol. The second kappa shape index (κ2) is 5.42. The highest BCUT2D eigenvalue weighted by molar-refractivity contribution is 5.51. The van der Waals surface area contributed by atoms with Crippen molar-refractivity contribution < 1.29 is 9.47 Å². The lowest BCUT2D eigenvalue weighted by molar-refractivity contribution is 0.361. The zero-order valence-electron chi connectivity index (χ0n) is 11.1. The highest BCUT2D eigenvalue weighted by Crippen LogP contribution is 2.27. The number of nitrogens with zero attached hydrogens (tertiary/aromatic N) is 6. The van der Waals surface area contributed by atoms with Crippen LogP contribution >= 0.6 is 0 Å². The largest absolute Gasteiger partial charge is 0.494 e. The summed E-state index contributed by atoms with van der Waals surface area (Å²) in [6.07, 6.45) is 2.94. The Bertz CT molecular complexity index is 779. The van der Waals surface area contributed by atoms with Crippen LogP contribution in [0.25, 0.3) is 17.3 Å². The summed E-state index contributed by atoms with van der Waals surface area (Å²) in [5.74, 6) is 2.02. The Kier molecular flexibility index (Phi) is 3.31. The van der Waals surface area contributed by atoms with Crippen LogP contribution in [0.4, 0.5) is 0 Å². The number of ether oxygens (including phenoxy) is 2. The van der Waals surface area contributed by atoms with E-state index in [9.17, 15) is 0 Å². The van der Waals surface area contributed by atoms with Gasteiger partial charge in [-0.05, 0) is 12.1 Å². The summed E-state index contributed by atoms with van der Waals surface area (Å²) in [5.41, 5.74) is 0.680. The molecule has 0 atom stereocenters. The highest BCUT2D eigenvalue weighted by atomic mass is 16.5. The van der Waals surface area contributed by atoms with E-state index >= 15 is 0 Å². The Morgan fingerprint density at radius 2 is 2.10 bits per heavy atom. The van der Waals surface area contributed by atoms with E-state index < -0.39 is 0 Å². The van der Waals surface area contributed by atoms with Gasteiger partial charge in [-0.2, -0.15) is 5.26 Å². The normalized spacial score (nSPS) is 10.3. The summed E-state index contributed by atoms with van der Waals surface area (Å²) in [6.45, 7) is -0.0233. The SMILES string of the molecule is COc1cc(OCC#N)ccc1-n1cnc2ncnc-2n1. The Hall–Kier alpha value is -3.21. The third-order valence-electron chi connectivity index (χ3n) is 2.75. The van der Waals surface area contributed by atoms with Crippen LogP contribution < -0.4 is 9.47 Å². The summed E-state index contributed by atoms with van der Waals surface area (Å²) < 4.78 is 12.1. The first-order valence-corrected chi connectivity index (χ1v) is 6.02. The molecule has 3 rings (SSSR count). The number of methoxy groups -OCH3 is 1. The molecule has 104 valence electrons. The van der Waals surface area contributed by atoms with Gasteiger partial charge in [0.1, 0.15) is 35.9 Å². The van der Waals surface area contributed by atoms with Gasteiger partial charge >= 0.3 is 0 Å². The van der Waals surface area contributed by atoms with Crippen molar-refractivity contribution in [3.05, 3.63) is 30.9 Å². The Labute approximate surface area is 120 Å². The minimum atomic E-state index is -0.0233. The number of benzene rings is 1. The van der Waals surface area contributed by atoms with Gasteiger partial charge in [0, 0.05) is 6.07 Å². The molecule has 0 bridgehead atoms. The predicted octanol–water partition coefficient (Wildman–Crippen LogP) is 1.07. The van der Waals surface area contributed by atoms with Gasteiger partial charge in [0.05, 0.1) is 7.11 Å². The fraction of sp³-hybridized carbons (Fsp3) is 0.154. The lowest BCUT2D eigenvalue weighted by atomic mass is 10.2. The third-order valence-corrected chi connectivity index (χ3v) is 2.75. The molecule has 1 aromatic carbocycles. The predicted molar refractivity (Wildman–Crippen MR) is 71.2 cm³/mol. The van der Waals surface area contributed by atoms with E-state index in [0.717, 1.165) is 0 Å². The molecule has 0 aliphatic carbocycles. The number of hydrogen-bond donors (Lipinski definition) is 0. The summed E-state index contributed by atoms with van der Waals surface area (Å²) in [6, 6.07) is 7.09. The van der Waals surface area contributed by atoms with E-state index in [-0.39, 0.29) is 6.61 Å². The van der Waals surface area contributed by atoms with Crippen LogP contribution in [0.3, 0.4) is 0 Å². The fourth-order valence-corrected chi connectivity index (χ4v) is 1.82. The number of rotatable bonds is 4. The maximum absolute atomic E-state index is 8.53. The number of fused-ring (bicyclic) bond motifs is 1. The quantitative estimate of drug-likeness (QED) is 0.705. The molecule has 0 N–H and O–H groups in total. The number of aromatic nitrogens is 5. The van der Waals surface area contributed by atoms with E-state index in [1.807, 2.05) is 6.07 Å². The summed E-state index contributed by atoms with van der Waals surface area (Å²) in [7, 11) is 1.54. The Morgan fingerprint density at radius 1 is 1.24 bits per heavy atom. The smallest absolute Gasteiger partial charge is 0.219 e. The molecule has 8 heteroatoms. The van der Waals surface area contributed by atoms with E-state index in [0.29, 0.717) is 28.8 Å². The molecule has 0 radical (unpaired) electrons. The second-order valence-corrected chi connectivity index (χ2v) is 3.99. The molecule has 1 aromatic rings. The topological polar surface area (TPSA) is 98.7 Å². The molecule has 2 aliphatic rings. The molecule has 2 heterocycles. The highest BCUT2D eigenvalue weighted by Gasteiger charge is 2.13. The maximum Gasteiger partial charge on any atom is 0.219 e. The van der Waals surface area contributed by atoms with Gasteiger partial charge in [-0.1, -0.05) is 0 Å². The van der Waals surface area contributed by atoms with E-state index in [4.69, 9.17) is 14.7 Å². The first-order valence-electron chi connectivity index (χ1n) is 6.02. The number of hydrogen-bond acceptors (Lipinski definition) is 7. The summed E-state index contributed by atoms with van der Waals surface area (Å²) in [5, 5.41) is 12.8. The van der Waals surface area contributed by atoms with Crippen LogP contribution in [0, 0.1) is 11.3 Å². The van der Waals surface area contributed by atoms with Crippen LogP contribution in [-0.4, -0.2) is 38.4 Å². The second-order valence-electron chi connectivity index (χ2n) is 3.99. The van der Waals surface area contributed by atoms with Crippen molar-refractivity contribution in [2.45, 2.75) is 0 Å². The first kappa shape index (κ1) is 12.8. The average Bonchev–Trinajstić information content (AvgIpc) is 3.00. The zero-order chi connectivity index (χ0) is 14.7. The van der Waals surface area contributed by atoms with Gasteiger partial charge < -0.3 is 9.47 Å². The minimum absolute atomic E-state index is 0.0233. The number of imidazole rings is 1. The van der Waals surface area contributed by atoms with Crippen molar-refractivity contribution in [3.8, 4) is 34.9 Å². The van der Waals surface area contributed by atoms with Crippen molar-refractivity contribution in [2.75, 3.05) is 13.7 Å². The van der Waals surface area contributed by atoms with Crippen molar-refractivity contribution in [2.24, 2.45) is 0 Å². The molecule has 2 aliphatic heterocycles. The van der Waals surface area contributed by atoms with Crippen LogP contribution in [0.5, 0.6) is 11.5 Å². The molecule has 0 saturated carbocycles. The third kappa shape index (κ3) is 2.44. The van der Waals surface area contributed by atoms with Gasteiger partial charge in [0.2, 0.25) is 11.6 Å². The van der Waals surface area contributed by atoms with Gasteiger partial charge in [0.25, 0.3) is 0 Å². The molecule has 21 heavy (non-hydrogen) atoms. The van der Waals surface area contributed by atoms with Gasteiger partial charge in [-0.25, -0.2) is 19.6 Å². The maximum atomic E-state index is 8.53. The molecule has 0 saturated heterocycles.